The number of rotatable bonds is 1. The number of benzene rings is 1. The van der Waals surface area contributed by atoms with E-state index in [0.29, 0.717) is 21.1 Å². The number of halogens is 1. The Morgan fingerprint density at radius 1 is 1.35 bits per heavy atom. The fourth-order valence-corrected chi connectivity index (χ4v) is 1.96. The number of fused-ring (bicyclic) bond motifs is 1. The number of carbonyl (C=O) groups is 1. The molecule has 0 aliphatic heterocycles. The summed E-state index contributed by atoms with van der Waals surface area (Å²) in [5.41, 5.74) is 1.24. The molecule has 1 heterocycles. The van der Waals surface area contributed by atoms with Crippen LogP contribution in [-0.2, 0) is 4.74 Å². The van der Waals surface area contributed by atoms with Crippen LogP contribution in [0.15, 0.2) is 16.6 Å². The van der Waals surface area contributed by atoms with Crippen molar-refractivity contribution in [2.75, 3.05) is 0 Å². The molecule has 0 atom stereocenters. The highest BCUT2D eigenvalue weighted by atomic mass is 79.9. The molecule has 2 aromatic rings. The number of nitrogens with zero attached hydrogens (tertiary/aromatic N) is 2. The summed E-state index contributed by atoms with van der Waals surface area (Å²) in [5.74, 6) is -0.380. The smallest absolute Gasteiger partial charge is 0.339 e. The van der Waals surface area contributed by atoms with Crippen LogP contribution in [0.3, 0.4) is 0 Å². The van der Waals surface area contributed by atoms with Crippen molar-refractivity contribution in [1.29, 1.82) is 0 Å². The molecular weight excluding hydrogens is 286 g/mol. The van der Waals surface area contributed by atoms with E-state index in [9.17, 15) is 4.79 Å². The highest BCUT2D eigenvalue weighted by molar-refractivity contribution is 9.10. The van der Waals surface area contributed by atoms with Crippen LogP contribution in [0, 0.1) is 0 Å². The van der Waals surface area contributed by atoms with Crippen LogP contribution in [0.1, 0.15) is 31.1 Å². The van der Waals surface area contributed by atoms with Crippen molar-refractivity contribution >= 4 is 32.9 Å². The molecule has 0 aliphatic carbocycles. The van der Waals surface area contributed by atoms with Crippen LogP contribution in [0.2, 0.25) is 0 Å². The zero-order valence-corrected chi connectivity index (χ0v) is 11.3. The summed E-state index contributed by atoms with van der Waals surface area (Å²) >= 11 is 3.35. The molecule has 1 aromatic heterocycles. The van der Waals surface area contributed by atoms with Gasteiger partial charge in [0, 0.05) is 0 Å². The second-order valence-electron chi connectivity index (χ2n) is 4.62. The first-order chi connectivity index (χ1) is 7.88. The lowest BCUT2D eigenvalue weighted by Gasteiger charge is -2.19. The van der Waals surface area contributed by atoms with E-state index in [0.717, 1.165) is 0 Å². The molecule has 0 amide bonds. The zero-order chi connectivity index (χ0) is 12.6. The van der Waals surface area contributed by atoms with Gasteiger partial charge in [-0.2, -0.15) is 15.4 Å². The molecule has 0 unspecified atom stereocenters. The van der Waals surface area contributed by atoms with Gasteiger partial charge in [-0.05, 0) is 48.8 Å². The van der Waals surface area contributed by atoms with E-state index in [1.807, 2.05) is 20.8 Å². The van der Waals surface area contributed by atoms with Gasteiger partial charge in [0.1, 0.15) is 16.6 Å². The molecule has 17 heavy (non-hydrogen) atoms. The van der Waals surface area contributed by atoms with Crippen molar-refractivity contribution in [1.82, 2.24) is 15.4 Å². The van der Waals surface area contributed by atoms with Crippen molar-refractivity contribution in [2.45, 2.75) is 26.4 Å². The average Bonchev–Trinajstić information content (AvgIpc) is 2.63. The molecule has 6 heteroatoms. The zero-order valence-electron chi connectivity index (χ0n) is 9.74. The van der Waals surface area contributed by atoms with Crippen LogP contribution in [0.5, 0.6) is 0 Å². The van der Waals surface area contributed by atoms with Gasteiger partial charge in [-0.1, -0.05) is 0 Å². The van der Waals surface area contributed by atoms with Crippen molar-refractivity contribution in [3.8, 4) is 0 Å². The maximum atomic E-state index is 11.9. The quantitative estimate of drug-likeness (QED) is 0.822. The summed E-state index contributed by atoms with van der Waals surface area (Å²) < 4.78 is 5.90. The minimum absolute atomic E-state index is 0.380. The Hall–Kier alpha value is -1.43. The molecule has 0 bridgehead atoms. The van der Waals surface area contributed by atoms with Gasteiger partial charge in [-0.15, -0.1) is 0 Å². The Morgan fingerprint density at radius 2 is 2.06 bits per heavy atom. The number of ether oxygens (including phenoxy) is 1. The number of carbonyl (C=O) groups excluding carboxylic acids is 1. The van der Waals surface area contributed by atoms with Gasteiger partial charge in [0.05, 0.1) is 10.0 Å². The number of hydrogen-bond donors (Lipinski definition) is 1. The second-order valence-corrected chi connectivity index (χ2v) is 5.41. The van der Waals surface area contributed by atoms with Crippen LogP contribution in [-0.4, -0.2) is 27.0 Å². The van der Waals surface area contributed by atoms with Crippen molar-refractivity contribution < 1.29 is 9.53 Å². The van der Waals surface area contributed by atoms with E-state index >= 15 is 0 Å². The fourth-order valence-electron chi connectivity index (χ4n) is 1.37. The predicted molar refractivity (Wildman–Crippen MR) is 66.8 cm³/mol. The lowest BCUT2D eigenvalue weighted by atomic mass is 10.1. The van der Waals surface area contributed by atoms with Gasteiger partial charge < -0.3 is 4.74 Å². The van der Waals surface area contributed by atoms with Crippen LogP contribution in [0.4, 0.5) is 0 Å². The molecule has 2 rings (SSSR count). The molecule has 5 nitrogen and oxygen atoms in total. The van der Waals surface area contributed by atoms with E-state index in [-0.39, 0.29) is 5.97 Å². The Bertz CT molecular complexity index is 572. The first-order valence-electron chi connectivity index (χ1n) is 5.11. The van der Waals surface area contributed by atoms with E-state index in [4.69, 9.17) is 4.74 Å². The summed E-state index contributed by atoms with van der Waals surface area (Å²) in [6, 6.07) is 3.39. The molecular formula is C11H12BrN3O2. The maximum absolute atomic E-state index is 11.9. The van der Waals surface area contributed by atoms with Crippen molar-refractivity contribution in [3.05, 3.63) is 22.2 Å². The highest BCUT2D eigenvalue weighted by Gasteiger charge is 2.21. The summed E-state index contributed by atoms with van der Waals surface area (Å²) in [4.78, 5) is 11.9. The Labute approximate surface area is 107 Å². The van der Waals surface area contributed by atoms with Gasteiger partial charge >= 0.3 is 5.97 Å². The Balaban J connectivity index is 2.42. The SMILES string of the molecule is CC(C)(C)OC(=O)c1ccc2n[nH]nc2c1Br. The minimum atomic E-state index is -0.519. The predicted octanol–water partition coefficient (Wildman–Crippen LogP) is 2.68. The Morgan fingerprint density at radius 3 is 2.71 bits per heavy atom. The van der Waals surface area contributed by atoms with Crippen LogP contribution >= 0.6 is 15.9 Å². The van der Waals surface area contributed by atoms with Gasteiger partial charge in [0.25, 0.3) is 0 Å². The maximum Gasteiger partial charge on any atom is 0.339 e. The molecule has 90 valence electrons. The third-order valence-corrected chi connectivity index (χ3v) is 2.85. The molecule has 0 aliphatic rings. The van der Waals surface area contributed by atoms with Crippen molar-refractivity contribution in [3.63, 3.8) is 0 Å². The van der Waals surface area contributed by atoms with Gasteiger partial charge in [-0.25, -0.2) is 4.79 Å². The topological polar surface area (TPSA) is 67.9 Å². The van der Waals surface area contributed by atoms with Crippen molar-refractivity contribution in [2.24, 2.45) is 0 Å². The largest absolute Gasteiger partial charge is 0.456 e. The first kappa shape index (κ1) is 12.0. The number of aromatic amines is 1. The first-order valence-corrected chi connectivity index (χ1v) is 5.90. The highest BCUT2D eigenvalue weighted by Crippen LogP contribution is 2.26. The lowest BCUT2D eigenvalue weighted by Crippen LogP contribution is -2.24. The number of hydrogen-bond acceptors (Lipinski definition) is 4. The summed E-state index contributed by atoms with van der Waals surface area (Å²) in [6.07, 6.45) is 0. The van der Waals surface area contributed by atoms with E-state index in [2.05, 4.69) is 31.3 Å². The number of aromatic nitrogens is 3. The summed E-state index contributed by atoms with van der Waals surface area (Å²) in [6.45, 7) is 5.48. The van der Waals surface area contributed by atoms with Gasteiger partial charge in [0.2, 0.25) is 0 Å². The molecule has 1 N–H and O–H groups in total. The monoisotopic (exact) mass is 297 g/mol. The molecule has 0 spiro atoms. The van der Waals surface area contributed by atoms with Gasteiger partial charge in [-0.3, -0.25) is 0 Å². The molecule has 1 aromatic carbocycles. The second kappa shape index (κ2) is 4.10. The normalized spacial score (nSPS) is 11.8. The van der Waals surface area contributed by atoms with E-state index < -0.39 is 5.60 Å². The van der Waals surface area contributed by atoms with E-state index in [1.165, 1.54) is 0 Å². The van der Waals surface area contributed by atoms with E-state index in [1.54, 1.807) is 12.1 Å². The molecule has 0 saturated carbocycles. The van der Waals surface area contributed by atoms with Crippen LogP contribution in [0.25, 0.3) is 11.0 Å². The standard InChI is InChI=1S/C11H12BrN3O2/c1-11(2,3)17-10(16)6-4-5-7-9(8(6)12)14-15-13-7/h4-5H,1-3H3,(H,13,14,15). The molecule has 0 fully saturated rings. The third kappa shape index (κ3) is 2.46. The number of esters is 1. The number of nitrogens with one attached hydrogen (secondary N) is 1. The minimum Gasteiger partial charge on any atom is -0.456 e. The fraction of sp³-hybridized carbons (Fsp3) is 0.364. The Kier molecular flexibility index (Phi) is 2.91. The van der Waals surface area contributed by atoms with Gasteiger partial charge in [0.15, 0.2) is 0 Å². The van der Waals surface area contributed by atoms with Crippen LogP contribution < -0.4 is 0 Å². The molecule has 0 saturated heterocycles. The third-order valence-electron chi connectivity index (χ3n) is 2.05. The summed E-state index contributed by atoms with van der Waals surface area (Å²) in [7, 11) is 0. The summed E-state index contributed by atoms with van der Waals surface area (Å²) in [5, 5.41) is 10.4. The average molecular weight is 298 g/mol. The molecule has 0 radical (unpaired) electrons. The lowest BCUT2D eigenvalue weighted by molar-refractivity contribution is 0.00687. The number of H-pyrrole nitrogens is 1.